The molecular weight excluding hydrogens is 333 g/mol. The zero-order valence-corrected chi connectivity index (χ0v) is 14.5. The van der Waals surface area contributed by atoms with E-state index >= 15 is 4.39 Å². The third-order valence-corrected chi connectivity index (χ3v) is 5.57. The molecule has 2 heterocycles. The monoisotopic (exact) mass is 353 g/mol. The van der Waals surface area contributed by atoms with Crippen LogP contribution < -0.4 is 5.73 Å². The molecule has 0 radical (unpaired) electrons. The lowest BCUT2D eigenvalue weighted by Crippen LogP contribution is -2.22. The first kappa shape index (κ1) is 16.6. The molecule has 2 aliphatic rings. The van der Waals surface area contributed by atoms with E-state index in [0.29, 0.717) is 35.7 Å². The fraction of sp³-hybridized carbons (Fsp3) is 0.421. The zero-order chi connectivity index (χ0) is 18.4. The summed E-state index contributed by atoms with van der Waals surface area (Å²) in [5.41, 5.74) is 7.17. The Kier molecular flexibility index (Phi) is 3.91. The van der Waals surface area contributed by atoms with Crippen LogP contribution in [0.1, 0.15) is 34.7 Å². The van der Waals surface area contributed by atoms with Crippen molar-refractivity contribution in [3.63, 3.8) is 0 Å². The molecule has 4 rings (SSSR count). The van der Waals surface area contributed by atoms with Crippen molar-refractivity contribution < 1.29 is 9.18 Å². The van der Waals surface area contributed by atoms with Crippen LogP contribution in [-0.2, 0) is 7.05 Å². The highest BCUT2D eigenvalue weighted by Gasteiger charge is 2.45. The number of hydrogen-bond donors (Lipinski definition) is 1. The van der Waals surface area contributed by atoms with Gasteiger partial charge >= 0.3 is 0 Å². The van der Waals surface area contributed by atoms with Crippen LogP contribution in [0.25, 0.3) is 11.1 Å². The number of benzene rings is 1. The lowest BCUT2D eigenvalue weighted by atomic mass is 9.81. The molecule has 0 spiro atoms. The number of carbonyl (C=O) groups is 1. The number of amides is 1. The predicted octanol–water partition coefficient (Wildman–Crippen LogP) is 2.23. The molecule has 1 amide bonds. The number of nitrogens with two attached hydrogens (primary N) is 1. The van der Waals surface area contributed by atoms with Crippen LogP contribution in [0.4, 0.5) is 4.39 Å². The molecule has 1 saturated carbocycles. The van der Waals surface area contributed by atoms with Gasteiger partial charge in [-0.05, 0) is 30.7 Å². The average Bonchev–Trinajstić information content (AvgIpc) is 3.23. The Morgan fingerprint density at radius 1 is 1.38 bits per heavy atom. The number of likely N-dealkylation sites (tertiary alicyclic amines) is 1. The normalized spacial score (nSPS) is 22.4. The molecule has 1 aliphatic heterocycles. The molecule has 0 bridgehead atoms. The second kappa shape index (κ2) is 6.13. The van der Waals surface area contributed by atoms with Crippen molar-refractivity contribution in [3.05, 3.63) is 41.5 Å². The van der Waals surface area contributed by atoms with Crippen LogP contribution in [-0.4, -0.2) is 33.7 Å². The minimum atomic E-state index is -0.637. The molecule has 2 aromatic rings. The van der Waals surface area contributed by atoms with Crippen molar-refractivity contribution >= 4 is 5.91 Å². The van der Waals surface area contributed by atoms with Gasteiger partial charge in [0.15, 0.2) is 6.19 Å². The number of nitrogens with zero attached hydrogens (tertiary/aromatic N) is 4. The van der Waals surface area contributed by atoms with E-state index in [4.69, 9.17) is 5.73 Å². The molecule has 2 fully saturated rings. The molecule has 7 heteroatoms. The van der Waals surface area contributed by atoms with Crippen LogP contribution >= 0.6 is 0 Å². The maximum Gasteiger partial charge on any atom is 0.249 e. The fourth-order valence-electron chi connectivity index (χ4n) is 4.17. The third kappa shape index (κ3) is 2.71. The van der Waals surface area contributed by atoms with Crippen molar-refractivity contribution in [2.24, 2.45) is 24.6 Å². The van der Waals surface area contributed by atoms with E-state index in [1.807, 2.05) is 0 Å². The van der Waals surface area contributed by atoms with E-state index < -0.39 is 11.7 Å². The second-order valence-corrected chi connectivity index (χ2v) is 7.27. The van der Waals surface area contributed by atoms with Gasteiger partial charge in [-0.3, -0.25) is 9.48 Å². The minimum absolute atomic E-state index is 0.173. The van der Waals surface area contributed by atoms with E-state index in [9.17, 15) is 10.1 Å². The smallest absolute Gasteiger partial charge is 0.249 e. The number of rotatable bonds is 4. The van der Waals surface area contributed by atoms with Gasteiger partial charge in [0.1, 0.15) is 5.82 Å². The first-order chi connectivity index (χ1) is 12.5. The number of primary amides is 1. The summed E-state index contributed by atoms with van der Waals surface area (Å²) in [6.07, 6.45) is 7.70. The number of hydrogen-bond acceptors (Lipinski definition) is 4. The first-order valence-electron chi connectivity index (χ1n) is 8.75. The quantitative estimate of drug-likeness (QED) is 0.854. The Labute approximate surface area is 151 Å². The highest BCUT2D eigenvalue weighted by molar-refractivity contribution is 5.95. The predicted molar refractivity (Wildman–Crippen MR) is 93.3 cm³/mol. The summed E-state index contributed by atoms with van der Waals surface area (Å²) >= 11 is 0. The fourth-order valence-corrected chi connectivity index (χ4v) is 4.17. The third-order valence-electron chi connectivity index (χ3n) is 5.57. The Morgan fingerprint density at radius 2 is 2.15 bits per heavy atom. The highest BCUT2D eigenvalue weighted by Crippen LogP contribution is 2.49. The molecule has 0 unspecified atom stereocenters. The van der Waals surface area contributed by atoms with E-state index in [0.717, 1.165) is 12.8 Å². The van der Waals surface area contributed by atoms with Gasteiger partial charge in [-0.15, -0.1) is 0 Å². The van der Waals surface area contributed by atoms with E-state index in [1.54, 1.807) is 41.2 Å². The summed E-state index contributed by atoms with van der Waals surface area (Å²) in [6, 6.07) is 3.18. The topological polar surface area (TPSA) is 87.9 Å². The number of halogens is 1. The molecule has 6 nitrogen and oxygen atoms in total. The molecule has 1 aromatic heterocycles. The number of carbonyl (C=O) groups excluding carboxylic acids is 1. The first-order valence-corrected chi connectivity index (χ1v) is 8.75. The van der Waals surface area contributed by atoms with Gasteiger partial charge in [0.05, 0.1) is 6.20 Å². The average molecular weight is 353 g/mol. The Bertz CT molecular complexity index is 911. The highest BCUT2D eigenvalue weighted by atomic mass is 19.1. The van der Waals surface area contributed by atoms with Crippen molar-refractivity contribution in [2.75, 3.05) is 13.1 Å². The summed E-state index contributed by atoms with van der Waals surface area (Å²) in [7, 11) is 1.77. The molecule has 1 aliphatic carbocycles. The van der Waals surface area contributed by atoms with Crippen LogP contribution in [0, 0.1) is 29.1 Å². The van der Waals surface area contributed by atoms with Crippen LogP contribution in [0.2, 0.25) is 0 Å². The second-order valence-electron chi connectivity index (χ2n) is 7.27. The Balaban J connectivity index is 1.85. The van der Waals surface area contributed by atoms with Crippen molar-refractivity contribution in [1.29, 1.82) is 5.26 Å². The molecule has 1 saturated heterocycles. The summed E-state index contributed by atoms with van der Waals surface area (Å²) in [4.78, 5) is 13.6. The zero-order valence-electron chi connectivity index (χ0n) is 14.5. The van der Waals surface area contributed by atoms with Crippen LogP contribution in [0.3, 0.4) is 0 Å². The van der Waals surface area contributed by atoms with Gasteiger partial charge in [0.25, 0.3) is 0 Å². The summed E-state index contributed by atoms with van der Waals surface area (Å²) < 4.78 is 17.2. The van der Waals surface area contributed by atoms with Gasteiger partial charge in [-0.2, -0.15) is 10.4 Å². The van der Waals surface area contributed by atoms with E-state index in [2.05, 4.69) is 11.3 Å². The number of aryl methyl sites for hydroxylation is 1. The molecule has 2 N–H and O–H groups in total. The lowest BCUT2D eigenvalue weighted by molar-refractivity contribution is 0.0998. The largest absolute Gasteiger partial charge is 0.366 e. The van der Waals surface area contributed by atoms with Gasteiger partial charge < -0.3 is 10.6 Å². The van der Waals surface area contributed by atoms with Gasteiger partial charge in [0, 0.05) is 54.5 Å². The molecule has 134 valence electrons. The molecule has 26 heavy (non-hydrogen) atoms. The van der Waals surface area contributed by atoms with Crippen molar-refractivity contribution in [2.45, 2.75) is 18.8 Å². The minimum Gasteiger partial charge on any atom is -0.366 e. The van der Waals surface area contributed by atoms with E-state index in [1.165, 1.54) is 0 Å². The SMILES string of the molecule is Cn1cc(-c2ccc(C(N)=O)c([C@@H]3CN(C#N)C[C@@H]3C3CC3)c2F)cn1. The number of nitriles is 1. The van der Waals surface area contributed by atoms with Gasteiger partial charge in [0.2, 0.25) is 5.91 Å². The molecule has 1 aromatic carbocycles. The van der Waals surface area contributed by atoms with Crippen molar-refractivity contribution in [1.82, 2.24) is 14.7 Å². The Morgan fingerprint density at radius 3 is 2.73 bits per heavy atom. The summed E-state index contributed by atoms with van der Waals surface area (Å²) in [5.74, 6) is -0.612. The Hall–Kier alpha value is -2.88. The van der Waals surface area contributed by atoms with Crippen LogP contribution in [0.5, 0.6) is 0 Å². The maximum absolute atomic E-state index is 15.6. The maximum atomic E-state index is 15.6. The van der Waals surface area contributed by atoms with E-state index in [-0.39, 0.29) is 17.4 Å². The van der Waals surface area contributed by atoms with Gasteiger partial charge in [-0.25, -0.2) is 4.39 Å². The molecular formula is C19H20FN5O. The summed E-state index contributed by atoms with van der Waals surface area (Å²) in [5, 5.41) is 13.4. The lowest BCUT2D eigenvalue weighted by Gasteiger charge is -2.22. The van der Waals surface area contributed by atoms with Crippen LogP contribution in [0.15, 0.2) is 24.5 Å². The summed E-state index contributed by atoms with van der Waals surface area (Å²) in [6.45, 7) is 1.03. The number of aromatic nitrogens is 2. The standard InChI is InChI=1S/C19H20FN5O/c1-24-7-12(6-23-24)13-4-5-14(19(22)26)17(18(13)20)16-9-25(10-21)8-15(16)11-2-3-11/h4-7,11,15-16H,2-3,8-9H2,1H3,(H2,22,26)/t15-,16-/m1/s1. The van der Waals surface area contributed by atoms with Gasteiger partial charge in [-0.1, -0.05) is 6.07 Å². The van der Waals surface area contributed by atoms with Crippen molar-refractivity contribution in [3.8, 4) is 17.3 Å². The molecule has 2 atom stereocenters.